The Morgan fingerprint density at radius 1 is 0.508 bits per heavy atom. The van der Waals surface area contributed by atoms with Gasteiger partial charge in [-0.1, -0.05) is 166 Å². The monoisotopic (exact) mass is 850 g/mol. The Hall–Kier alpha value is -6.00. The fourth-order valence-corrected chi connectivity index (χ4v) is 12.6. The zero-order chi connectivity index (χ0) is 45.3. The van der Waals surface area contributed by atoms with E-state index in [1.54, 1.807) is 0 Å². The first-order chi connectivity index (χ1) is 31.0. The Morgan fingerprint density at radius 3 is 1.71 bits per heavy atom. The molecule has 1 saturated carbocycles. The van der Waals surface area contributed by atoms with E-state index in [0.717, 1.165) is 24.2 Å². The van der Waals surface area contributed by atoms with E-state index < -0.39 is 0 Å². The van der Waals surface area contributed by atoms with Crippen LogP contribution in [0.1, 0.15) is 123 Å². The maximum Gasteiger partial charge on any atom is 0.247 e. The maximum atomic E-state index is 2.75. The second-order valence-electron chi connectivity index (χ2n) is 22.6. The molecule has 0 spiro atoms. The molecule has 0 saturated heterocycles. The summed E-state index contributed by atoms with van der Waals surface area (Å²) in [5.74, 6) is 0. The lowest BCUT2D eigenvalue weighted by Crippen LogP contribution is -2.64. The molecule has 0 aromatic heterocycles. The second-order valence-corrected chi connectivity index (χ2v) is 22.6. The molecular formula is C61H64BN3. The number of nitrogens with zero attached hydrogens (tertiary/aromatic N) is 3. The summed E-state index contributed by atoms with van der Waals surface area (Å²) in [7, 11) is 0. The highest BCUT2D eigenvalue weighted by Crippen LogP contribution is 2.64. The third kappa shape index (κ3) is 6.15. The summed E-state index contributed by atoms with van der Waals surface area (Å²) >= 11 is 0. The van der Waals surface area contributed by atoms with E-state index in [2.05, 4.69) is 242 Å². The molecule has 0 N–H and O–H groups in total. The van der Waals surface area contributed by atoms with Gasteiger partial charge in [0, 0.05) is 61.9 Å². The Labute approximate surface area is 389 Å². The van der Waals surface area contributed by atoms with Crippen LogP contribution >= 0.6 is 0 Å². The molecule has 0 amide bonds. The third-order valence-electron chi connectivity index (χ3n) is 16.3. The summed E-state index contributed by atoms with van der Waals surface area (Å²) in [6, 6.07) is 60.3. The molecule has 326 valence electrons. The zero-order valence-electron chi connectivity index (χ0n) is 40.3. The Balaban J connectivity index is 1.24. The third-order valence-corrected chi connectivity index (χ3v) is 16.3. The molecule has 0 bridgehead atoms. The first-order valence-corrected chi connectivity index (χ1v) is 24.2. The van der Waals surface area contributed by atoms with Gasteiger partial charge < -0.3 is 14.7 Å². The lowest BCUT2D eigenvalue weighted by atomic mass is 9.29. The fourth-order valence-electron chi connectivity index (χ4n) is 12.6. The quantitative estimate of drug-likeness (QED) is 0.160. The minimum absolute atomic E-state index is 0.0484. The molecule has 1 aliphatic carbocycles. The minimum Gasteiger partial charge on any atom is -0.334 e. The van der Waals surface area contributed by atoms with Crippen molar-refractivity contribution in [3.05, 3.63) is 186 Å². The molecule has 7 aromatic carbocycles. The molecule has 4 heteroatoms. The van der Waals surface area contributed by atoms with Gasteiger partial charge >= 0.3 is 0 Å². The summed E-state index contributed by atoms with van der Waals surface area (Å²) in [6.45, 7) is 24.4. The first kappa shape index (κ1) is 41.7. The number of fused-ring (bicyclic) bond motifs is 8. The van der Waals surface area contributed by atoms with Crippen LogP contribution in [0.2, 0.25) is 0 Å². The van der Waals surface area contributed by atoms with Crippen LogP contribution in [-0.4, -0.2) is 12.3 Å². The van der Waals surface area contributed by atoms with E-state index >= 15 is 0 Å². The van der Waals surface area contributed by atoms with Gasteiger partial charge in [-0.05, 0) is 137 Å². The van der Waals surface area contributed by atoms with Crippen molar-refractivity contribution in [1.82, 2.24) is 0 Å². The first-order valence-electron chi connectivity index (χ1n) is 24.2. The van der Waals surface area contributed by atoms with Crippen LogP contribution in [0, 0.1) is 0 Å². The SMILES string of the molecule is CC(C)(C)c1ccc(N2c3cc(C(C)(C)C)cc4c3B(c3ccc(N(c5ccccc5)c5ccccc5)cc3C4(C)C)c3ccc4c(c32)C2(C)CCCCC2(C)N4c2ccccc2)cc1. The fraction of sp³-hybridized carbons (Fsp3) is 0.311. The van der Waals surface area contributed by atoms with E-state index in [-0.39, 0.29) is 33.9 Å². The van der Waals surface area contributed by atoms with Crippen LogP contribution in [0.5, 0.6) is 0 Å². The minimum atomic E-state index is -0.291. The van der Waals surface area contributed by atoms with Crippen LogP contribution in [0.15, 0.2) is 158 Å². The van der Waals surface area contributed by atoms with E-state index in [0.29, 0.717) is 0 Å². The molecule has 2 atom stereocenters. The molecule has 0 radical (unpaired) electrons. The standard InChI is InChI=1S/C61H64BN3/c1-57(2,3)41-28-30-45(31-29-41)64-53-39-42(58(4,5)6)38-49-55(53)62(50-33-32-47(40-48(50)59(49,7)8)63(43-22-14-11-15-23-43)44-24-16-12-17-25-44)51-34-35-52-54(56(51)64)60(9)36-20-21-37-61(60,10)65(52)46-26-18-13-19-27-46/h11-19,22-35,38-40H,20-21,36-37H2,1-10H3. The number of para-hydroxylation sites is 3. The Morgan fingerprint density at radius 2 is 1.09 bits per heavy atom. The van der Waals surface area contributed by atoms with E-state index in [4.69, 9.17) is 0 Å². The highest BCUT2D eigenvalue weighted by molar-refractivity contribution is 6.99. The van der Waals surface area contributed by atoms with Gasteiger partial charge in [0.2, 0.25) is 6.71 Å². The Bertz CT molecular complexity index is 2920. The van der Waals surface area contributed by atoms with Crippen molar-refractivity contribution >= 4 is 68.6 Å². The summed E-state index contributed by atoms with van der Waals surface area (Å²) in [6.07, 6.45) is 4.77. The highest BCUT2D eigenvalue weighted by atomic mass is 15.3. The predicted molar refractivity (Wildman–Crippen MR) is 279 cm³/mol. The second kappa shape index (κ2) is 14.5. The van der Waals surface area contributed by atoms with Gasteiger partial charge in [-0.15, -0.1) is 0 Å². The van der Waals surface area contributed by atoms with Gasteiger partial charge in [0.15, 0.2) is 0 Å². The summed E-state index contributed by atoms with van der Waals surface area (Å²) in [5, 5.41) is 0. The molecule has 7 aromatic rings. The van der Waals surface area contributed by atoms with Crippen molar-refractivity contribution in [3.8, 4) is 0 Å². The topological polar surface area (TPSA) is 9.72 Å². The molecule has 65 heavy (non-hydrogen) atoms. The average molecular weight is 850 g/mol. The van der Waals surface area contributed by atoms with Crippen molar-refractivity contribution in [2.75, 3.05) is 14.7 Å². The van der Waals surface area contributed by atoms with Crippen LogP contribution < -0.4 is 31.1 Å². The van der Waals surface area contributed by atoms with Gasteiger partial charge in [0.05, 0.1) is 5.54 Å². The number of hydrogen-bond donors (Lipinski definition) is 0. The van der Waals surface area contributed by atoms with Gasteiger partial charge in [0.25, 0.3) is 0 Å². The van der Waals surface area contributed by atoms with Gasteiger partial charge in [-0.3, -0.25) is 0 Å². The van der Waals surface area contributed by atoms with Crippen LogP contribution in [0.25, 0.3) is 0 Å². The van der Waals surface area contributed by atoms with Crippen LogP contribution in [-0.2, 0) is 21.7 Å². The smallest absolute Gasteiger partial charge is 0.247 e. The highest BCUT2D eigenvalue weighted by Gasteiger charge is 2.60. The Kier molecular flexibility index (Phi) is 9.30. The van der Waals surface area contributed by atoms with Gasteiger partial charge in [-0.25, -0.2) is 0 Å². The molecule has 11 rings (SSSR count). The lowest BCUT2D eigenvalue weighted by molar-refractivity contribution is 0.195. The van der Waals surface area contributed by atoms with Crippen molar-refractivity contribution in [3.63, 3.8) is 0 Å². The number of anilines is 8. The average Bonchev–Trinajstić information content (AvgIpc) is 3.51. The lowest BCUT2D eigenvalue weighted by Gasteiger charge is -2.51. The van der Waals surface area contributed by atoms with Gasteiger partial charge in [-0.2, -0.15) is 0 Å². The molecule has 1 fully saturated rings. The van der Waals surface area contributed by atoms with E-state index in [1.165, 1.54) is 91.2 Å². The maximum absolute atomic E-state index is 2.75. The molecule has 4 aliphatic rings. The van der Waals surface area contributed by atoms with Crippen LogP contribution in [0.3, 0.4) is 0 Å². The summed E-state index contributed by atoms with van der Waals surface area (Å²) < 4.78 is 0. The van der Waals surface area contributed by atoms with Gasteiger partial charge in [0.1, 0.15) is 0 Å². The number of hydrogen-bond acceptors (Lipinski definition) is 3. The summed E-state index contributed by atoms with van der Waals surface area (Å²) in [5.41, 5.74) is 20.9. The molecule has 3 aliphatic heterocycles. The van der Waals surface area contributed by atoms with Crippen molar-refractivity contribution < 1.29 is 0 Å². The molecule has 2 unspecified atom stereocenters. The zero-order valence-corrected chi connectivity index (χ0v) is 40.3. The molecule has 3 heterocycles. The van der Waals surface area contributed by atoms with E-state index in [9.17, 15) is 0 Å². The normalized spacial score (nSPS) is 20.4. The number of rotatable bonds is 5. The largest absolute Gasteiger partial charge is 0.334 e. The van der Waals surface area contributed by atoms with Crippen molar-refractivity contribution in [1.29, 1.82) is 0 Å². The van der Waals surface area contributed by atoms with Crippen molar-refractivity contribution in [2.24, 2.45) is 0 Å². The molecule has 3 nitrogen and oxygen atoms in total. The van der Waals surface area contributed by atoms with E-state index in [1.807, 2.05) is 0 Å². The van der Waals surface area contributed by atoms with Crippen molar-refractivity contribution in [2.45, 2.75) is 122 Å². The molecular weight excluding hydrogens is 786 g/mol. The van der Waals surface area contributed by atoms with Crippen LogP contribution in [0.4, 0.5) is 45.5 Å². The predicted octanol–water partition coefficient (Wildman–Crippen LogP) is 14.4. The summed E-state index contributed by atoms with van der Waals surface area (Å²) in [4.78, 5) is 7.92. The number of benzene rings is 7.